The first-order valence-electron chi connectivity index (χ1n) is 10.7. The Hall–Kier alpha value is -3.39. The van der Waals surface area contributed by atoms with Gasteiger partial charge in [0, 0.05) is 25.4 Å². The van der Waals surface area contributed by atoms with Gasteiger partial charge in [0.25, 0.3) is 0 Å². The molecule has 1 N–H and O–H groups in total. The molecule has 0 spiro atoms. The molecule has 1 atom stereocenters. The van der Waals surface area contributed by atoms with Crippen molar-refractivity contribution in [1.82, 2.24) is 19.9 Å². The van der Waals surface area contributed by atoms with E-state index < -0.39 is 0 Å². The summed E-state index contributed by atoms with van der Waals surface area (Å²) in [5.74, 6) is 0.989. The molecular weight excluding hydrogens is 409 g/mol. The maximum absolute atomic E-state index is 13.4. The fourth-order valence-electron chi connectivity index (χ4n) is 3.70. The van der Waals surface area contributed by atoms with E-state index in [1.807, 2.05) is 29.2 Å². The van der Waals surface area contributed by atoms with Crippen molar-refractivity contribution < 1.29 is 13.9 Å². The normalized spacial score (nSPS) is 16.1. The van der Waals surface area contributed by atoms with E-state index in [-0.39, 0.29) is 17.8 Å². The van der Waals surface area contributed by atoms with Crippen LogP contribution in [0.5, 0.6) is 0 Å². The van der Waals surface area contributed by atoms with Crippen molar-refractivity contribution in [2.75, 3.05) is 25.0 Å². The minimum Gasteiger partial charge on any atom is -0.368 e. The van der Waals surface area contributed by atoms with E-state index in [1.165, 1.54) is 6.07 Å². The fraction of sp³-hybridized carbons (Fsp3) is 0.333. The molecule has 1 amide bonds. The zero-order chi connectivity index (χ0) is 22.3. The number of nitrogens with one attached hydrogen (secondary N) is 1. The summed E-state index contributed by atoms with van der Waals surface area (Å²) in [6.45, 7) is 3.26. The molecule has 1 aliphatic rings. The summed E-state index contributed by atoms with van der Waals surface area (Å²) in [7, 11) is 0. The number of carbonyl (C=O) groups excluding carboxylic acids is 1. The molecule has 7 nitrogen and oxygen atoms in total. The van der Waals surface area contributed by atoms with E-state index in [0.717, 1.165) is 24.1 Å². The second kappa shape index (κ2) is 10.3. The number of amides is 1. The van der Waals surface area contributed by atoms with E-state index in [9.17, 15) is 9.18 Å². The molecule has 32 heavy (non-hydrogen) atoms. The van der Waals surface area contributed by atoms with Gasteiger partial charge in [-0.3, -0.25) is 4.79 Å². The van der Waals surface area contributed by atoms with E-state index in [2.05, 4.69) is 20.3 Å². The number of benzene rings is 1. The molecule has 0 bridgehead atoms. The molecule has 166 valence electrons. The molecule has 3 aromatic rings. The van der Waals surface area contributed by atoms with E-state index in [1.54, 1.807) is 31.5 Å². The van der Waals surface area contributed by atoms with Gasteiger partial charge in [-0.2, -0.15) is 0 Å². The van der Waals surface area contributed by atoms with Crippen LogP contribution < -0.4 is 5.32 Å². The first-order chi connectivity index (χ1) is 15.6. The highest BCUT2D eigenvalue weighted by Gasteiger charge is 2.26. The molecule has 4 rings (SSSR count). The van der Waals surface area contributed by atoms with Crippen LogP contribution in [0, 0.1) is 12.7 Å². The van der Waals surface area contributed by atoms with Crippen LogP contribution in [0.25, 0.3) is 0 Å². The Kier molecular flexibility index (Phi) is 7.01. The summed E-state index contributed by atoms with van der Waals surface area (Å²) in [6, 6.07) is 12.5. The average Bonchev–Trinajstić information content (AvgIpc) is 2.82. The van der Waals surface area contributed by atoms with Crippen molar-refractivity contribution in [3.05, 3.63) is 77.5 Å². The quantitative estimate of drug-likeness (QED) is 0.605. The largest absolute Gasteiger partial charge is 0.368 e. The lowest BCUT2D eigenvalue weighted by molar-refractivity contribution is -0.139. The average molecular weight is 436 g/mol. The predicted octanol–water partition coefficient (Wildman–Crippen LogP) is 3.99. The highest BCUT2D eigenvalue weighted by atomic mass is 19.1. The number of morpholine rings is 1. The SMILES string of the molecule is Cc1cc(CCCC(=O)N2CCO[C@H](c3cccc(Nc4ncccn4)n3)C2)ccc1F. The van der Waals surface area contributed by atoms with Crippen molar-refractivity contribution >= 4 is 17.7 Å². The maximum atomic E-state index is 13.4. The standard InChI is InChI=1S/C24H26FN5O2/c1-17-15-18(9-10-19(17)25)5-2-8-23(31)30-13-14-32-21(16-30)20-6-3-7-22(28-20)29-24-26-11-4-12-27-24/h3-4,6-7,9-12,15,21H,2,5,8,13-14,16H2,1H3,(H,26,27,28,29)/t21-/m0/s1. The lowest BCUT2D eigenvalue weighted by Gasteiger charge is -2.33. The van der Waals surface area contributed by atoms with Crippen molar-refractivity contribution in [2.45, 2.75) is 32.3 Å². The predicted molar refractivity (Wildman–Crippen MR) is 119 cm³/mol. The topological polar surface area (TPSA) is 80.2 Å². The molecule has 0 radical (unpaired) electrons. The number of aryl methyl sites for hydroxylation is 2. The van der Waals surface area contributed by atoms with Crippen LogP contribution in [0.4, 0.5) is 16.2 Å². The lowest BCUT2D eigenvalue weighted by Crippen LogP contribution is -2.42. The Bertz CT molecular complexity index is 1060. The minimum atomic E-state index is -0.286. The van der Waals surface area contributed by atoms with Crippen LogP contribution in [0.3, 0.4) is 0 Å². The highest BCUT2D eigenvalue weighted by molar-refractivity contribution is 5.76. The zero-order valence-electron chi connectivity index (χ0n) is 18.0. The number of rotatable bonds is 7. The highest BCUT2D eigenvalue weighted by Crippen LogP contribution is 2.23. The van der Waals surface area contributed by atoms with Gasteiger partial charge in [-0.25, -0.2) is 19.3 Å². The van der Waals surface area contributed by atoms with E-state index >= 15 is 0 Å². The van der Waals surface area contributed by atoms with Crippen molar-refractivity contribution in [2.24, 2.45) is 0 Å². The Morgan fingerprint density at radius 3 is 2.88 bits per heavy atom. The van der Waals surface area contributed by atoms with Gasteiger partial charge in [-0.05, 0) is 55.2 Å². The molecule has 0 saturated carbocycles. The van der Waals surface area contributed by atoms with Crippen LogP contribution in [0.15, 0.2) is 54.9 Å². The zero-order valence-corrected chi connectivity index (χ0v) is 18.0. The molecule has 2 aromatic heterocycles. The molecule has 0 unspecified atom stereocenters. The molecule has 0 aliphatic carbocycles. The van der Waals surface area contributed by atoms with Crippen molar-refractivity contribution in [1.29, 1.82) is 0 Å². The van der Waals surface area contributed by atoms with Gasteiger partial charge < -0.3 is 15.0 Å². The summed E-state index contributed by atoms with van der Waals surface area (Å²) < 4.78 is 19.3. The number of aromatic nitrogens is 3. The van der Waals surface area contributed by atoms with Gasteiger partial charge in [-0.15, -0.1) is 0 Å². The Morgan fingerprint density at radius 1 is 1.22 bits per heavy atom. The minimum absolute atomic E-state index is 0.101. The first-order valence-corrected chi connectivity index (χ1v) is 10.7. The second-order valence-corrected chi connectivity index (χ2v) is 7.78. The van der Waals surface area contributed by atoms with E-state index in [4.69, 9.17) is 4.74 Å². The van der Waals surface area contributed by atoms with Crippen LogP contribution in [0.2, 0.25) is 0 Å². The molecule has 8 heteroatoms. The summed E-state index contributed by atoms with van der Waals surface area (Å²) in [4.78, 5) is 27.5. The number of pyridine rings is 1. The van der Waals surface area contributed by atoms with Gasteiger partial charge in [0.1, 0.15) is 17.7 Å². The molecule has 3 heterocycles. The first kappa shape index (κ1) is 21.8. The molecule has 1 saturated heterocycles. The van der Waals surface area contributed by atoms with Crippen molar-refractivity contribution in [3.63, 3.8) is 0 Å². The Labute approximate surface area is 186 Å². The van der Waals surface area contributed by atoms with Crippen LogP contribution >= 0.6 is 0 Å². The molecule has 1 fully saturated rings. The summed E-state index contributed by atoms with van der Waals surface area (Å²) in [5, 5.41) is 3.08. The van der Waals surface area contributed by atoms with Gasteiger partial charge in [0.15, 0.2) is 0 Å². The number of hydrogen-bond acceptors (Lipinski definition) is 6. The van der Waals surface area contributed by atoms with Gasteiger partial charge in [0.2, 0.25) is 11.9 Å². The van der Waals surface area contributed by atoms with Crippen LogP contribution in [-0.2, 0) is 16.0 Å². The van der Waals surface area contributed by atoms with Gasteiger partial charge in [-0.1, -0.05) is 18.2 Å². The lowest BCUT2D eigenvalue weighted by atomic mass is 10.0. The maximum Gasteiger partial charge on any atom is 0.228 e. The fourth-order valence-corrected chi connectivity index (χ4v) is 3.70. The number of nitrogens with zero attached hydrogens (tertiary/aromatic N) is 4. The third-order valence-corrected chi connectivity index (χ3v) is 5.40. The number of ether oxygens (including phenoxy) is 1. The Morgan fingerprint density at radius 2 is 2.06 bits per heavy atom. The number of anilines is 2. The van der Waals surface area contributed by atoms with E-state index in [0.29, 0.717) is 43.4 Å². The Balaban J connectivity index is 1.32. The monoisotopic (exact) mass is 435 g/mol. The molecular formula is C24H26FN5O2. The van der Waals surface area contributed by atoms with Gasteiger partial charge in [0.05, 0.1) is 18.8 Å². The second-order valence-electron chi connectivity index (χ2n) is 7.78. The number of carbonyl (C=O) groups is 1. The summed E-state index contributed by atoms with van der Waals surface area (Å²) >= 11 is 0. The molecule has 1 aliphatic heterocycles. The third-order valence-electron chi connectivity index (χ3n) is 5.40. The van der Waals surface area contributed by atoms with Crippen molar-refractivity contribution in [3.8, 4) is 0 Å². The summed E-state index contributed by atoms with van der Waals surface area (Å²) in [5.41, 5.74) is 2.44. The van der Waals surface area contributed by atoms with Crippen LogP contribution in [0.1, 0.15) is 35.8 Å². The third kappa shape index (κ3) is 5.64. The van der Waals surface area contributed by atoms with Crippen LogP contribution in [-0.4, -0.2) is 45.5 Å². The van der Waals surface area contributed by atoms with Gasteiger partial charge >= 0.3 is 0 Å². The molecule has 1 aromatic carbocycles. The number of halogens is 1. The smallest absolute Gasteiger partial charge is 0.228 e. The number of hydrogen-bond donors (Lipinski definition) is 1. The summed E-state index contributed by atoms with van der Waals surface area (Å²) in [6.07, 6.45) is 4.95.